The van der Waals surface area contributed by atoms with Crippen molar-refractivity contribution in [2.24, 2.45) is 0 Å². The molecule has 154 valence electrons. The van der Waals surface area contributed by atoms with Crippen LogP contribution in [0.4, 0.5) is 0 Å². The molecular weight excluding hydrogens is 407 g/mol. The Bertz CT molecular complexity index is 566. The molecule has 0 bridgehead atoms. The van der Waals surface area contributed by atoms with Gasteiger partial charge in [0.25, 0.3) is 5.91 Å². The molecular formula is C18H37NO4Si4. The molecule has 0 saturated heterocycles. The van der Waals surface area contributed by atoms with Gasteiger partial charge in [0.05, 0.1) is 0 Å². The third-order valence-electron chi connectivity index (χ3n) is 3.14. The second-order valence-electron chi connectivity index (χ2n) is 9.70. The van der Waals surface area contributed by atoms with E-state index in [0.29, 0.717) is 18.2 Å². The largest absolute Gasteiger partial charge is 0.471 e. The number of nitrogens with one attached hydrogen (secondary N) is 1. The zero-order valence-electron chi connectivity index (χ0n) is 18.4. The number of benzene rings is 1. The van der Waals surface area contributed by atoms with Gasteiger partial charge >= 0.3 is 8.80 Å². The molecule has 1 amide bonds. The van der Waals surface area contributed by atoms with E-state index in [1.165, 1.54) is 0 Å². The van der Waals surface area contributed by atoms with E-state index in [4.69, 9.17) is 12.3 Å². The molecule has 0 aliphatic carbocycles. The molecule has 27 heavy (non-hydrogen) atoms. The van der Waals surface area contributed by atoms with Gasteiger partial charge in [-0.15, -0.1) is 0 Å². The highest BCUT2D eigenvalue weighted by atomic mass is 28.5. The molecule has 5 nitrogen and oxygen atoms in total. The first kappa shape index (κ1) is 24.5. The smallest absolute Gasteiger partial charge is 0.417 e. The van der Waals surface area contributed by atoms with Gasteiger partial charge in [0.1, 0.15) is 0 Å². The van der Waals surface area contributed by atoms with Crippen LogP contribution < -0.4 is 5.32 Å². The van der Waals surface area contributed by atoms with Gasteiger partial charge in [-0.3, -0.25) is 4.79 Å². The zero-order chi connectivity index (χ0) is 20.9. The van der Waals surface area contributed by atoms with E-state index >= 15 is 0 Å². The Kier molecular flexibility index (Phi) is 8.42. The van der Waals surface area contributed by atoms with Crippen molar-refractivity contribution in [2.75, 3.05) is 6.54 Å². The van der Waals surface area contributed by atoms with Gasteiger partial charge in [-0.1, -0.05) is 18.2 Å². The molecule has 9 heteroatoms. The summed E-state index contributed by atoms with van der Waals surface area (Å²) in [5.74, 6) is -0.0764. The molecule has 1 rings (SSSR count). The maximum absolute atomic E-state index is 12.4. The van der Waals surface area contributed by atoms with Crippen LogP contribution in [0.15, 0.2) is 30.3 Å². The predicted molar refractivity (Wildman–Crippen MR) is 123 cm³/mol. The van der Waals surface area contributed by atoms with E-state index in [9.17, 15) is 4.79 Å². The van der Waals surface area contributed by atoms with E-state index in [1.807, 2.05) is 30.3 Å². The summed E-state index contributed by atoms with van der Waals surface area (Å²) in [7, 11) is -8.57. The lowest BCUT2D eigenvalue weighted by atomic mass is 10.2. The number of carbonyl (C=O) groups is 1. The van der Waals surface area contributed by atoms with Crippen LogP contribution in [-0.2, 0) is 12.3 Å². The SMILES string of the molecule is C[Si](C)(C)O[Si](CCNC(=O)c1ccccc1)(O[Si](C)(C)C)O[Si](C)(C)C. The Labute approximate surface area is 169 Å². The van der Waals surface area contributed by atoms with Crippen molar-refractivity contribution in [1.29, 1.82) is 0 Å². The van der Waals surface area contributed by atoms with E-state index in [-0.39, 0.29) is 5.91 Å². The molecule has 0 aromatic heterocycles. The van der Waals surface area contributed by atoms with Crippen LogP contribution in [0.25, 0.3) is 0 Å². The average molecular weight is 444 g/mol. The minimum absolute atomic E-state index is 0.0764. The van der Waals surface area contributed by atoms with Gasteiger partial charge < -0.3 is 17.7 Å². The van der Waals surface area contributed by atoms with Crippen molar-refractivity contribution in [2.45, 2.75) is 65.0 Å². The lowest BCUT2D eigenvalue weighted by Crippen LogP contribution is -2.61. The van der Waals surface area contributed by atoms with Crippen LogP contribution in [0, 0.1) is 0 Å². The topological polar surface area (TPSA) is 56.8 Å². The second-order valence-corrected chi connectivity index (χ2v) is 26.7. The standard InChI is InChI=1S/C18H37NO4Si4/c1-24(2,3)21-27(22-25(4,5)6,23-26(7,8)9)16-15-19-18(20)17-13-11-10-12-14-17/h10-14H,15-16H2,1-9H3,(H,19,20). The molecule has 0 aliphatic heterocycles. The van der Waals surface area contributed by atoms with E-state index in [0.717, 1.165) is 0 Å². The summed E-state index contributed by atoms with van der Waals surface area (Å²) in [6.45, 7) is 20.0. The Balaban J connectivity index is 2.98. The van der Waals surface area contributed by atoms with Crippen LogP contribution in [0.5, 0.6) is 0 Å². The first-order valence-corrected chi connectivity index (χ1v) is 21.7. The summed E-state index contributed by atoms with van der Waals surface area (Å²) in [5, 5.41) is 3.01. The van der Waals surface area contributed by atoms with E-state index in [1.54, 1.807) is 0 Å². The van der Waals surface area contributed by atoms with Crippen LogP contribution in [0.1, 0.15) is 10.4 Å². The minimum Gasteiger partial charge on any atom is -0.417 e. The van der Waals surface area contributed by atoms with Gasteiger partial charge in [0.2, 0.25) is 0 Å². The molecule has 0 unspecified atom stereocenters. The minimum atomic E-state index is -2.90. The first-order chi connectivity index (χ1) is 12.1. The molecule has 1 N–H and O–H groups in total. The van der Waals surface area contributed by atoms with E-state index in [2.05, 4.69) is 64.2 Å². The fourth-order valence-electron chi connectivity index (χ4n) is 2.64. The van der Waals surface area contributed by atoms with Crippen molar-refractivity contribution in [3.05, 3.63) is 35.9 Å². The molecule has 1 aromatic carbocycles. The molecule has 0 saturated carbocycles. The number of carbonyl (C=O) groups excluding carboxylic acids is 1. The summed E-state index contributed by atoms with van der Waals surface area (Å²) in [6.07, 6.45) is 0. The van der Waals surface area contributed by atoms with E-state index < -0.39 is 33.8 Å². The molecule has 0 radical (unpaired) electrons. The monoisotopic (exact) mass is 443 g/mol. The Morgan fingerprint density at radius 2 is 1.19 bits per heavy atom. The maximum Gasteiger partial charge on any atom is 0.471 e. The fourth-order valence-corrected chi connectivity index (χ4v) is 17.1. The van der Waals surface area contributed by atoms with Crippen molar-refractivity contribution in [3.8, 4) is 0 Å². The van der Waals surface area contributed by atoms with Gasteiger partial charge in [-0.25, -0.2) is 0 Å². The fraction of sp³-hybridized carbons (Fsp3) is 0.611. The number of hydrogen-bond acceptors (Lipinski definition) is 4. The van der Waals surface area contributed by atoms with Gasteiger partial charge in [0.15, 0.2) is 25.0 Å². The average Bonchev–Trinajstić information content (AvgIpc) is 2.42. The number of hydrogen-bond donors (Lipinski definition) is 1. The highest BCUT2D eigenvalue weighted by Crippen LogP contribution is 2.28. The van der Waals surface area contributed by atoms with Gasteiger partial charge in [-0.2, -0.15) is 0 Å². The highest BCUT2D eigenvalue weighted by Gasteiger charge is 2.49. The van der Waals surface area contributed by atoms with Crippen LogP contribution in [0.3, 0.4) is 0 Å². The van der Waals surface area contributed by atoms with Gasteiger partial charge in [-0.05, 0) is 71.1 Å². The molecule has 0 aliphatic rings. The number of rotatable bonds is 10. The van der Waals surface area contributed by atoms with Crippen molar-refractivity contribution in [3.63, 3.8) is 0 Å². The molecule has 1 aromatic rings. The molecule has 0 atom stereocenters. The summed E-state index contributed by atoms with van der Waals surface area (Å²) in [5.41, 5.74) is 0.660. The maximum atomic E-state index is 12.4. The summed E-state index contributed by atoms with van der Waals surface area (Å²) in [4.78, 5) is 12.4. The van der Waals surface area contributed by atoms with Crippen LogP contribution in [0.2, 0.25) is 65.0 Å². The lowest BCUT2D eigenvalue weighted by Gasteiger charge is -2.42. The summed E-state index contributed by atoms with van der Waals surface area (Å²) in [6, 6.07) is 9.87. The third-order valence-corrected chi connectivity index (χ3v) is 15.1. The Morgan fingerprint density at radius 3 is 1.56 bits per heavy atom. The zero-order valence-corrected chi connectivity index (χ0v) is 22.4. The Morgan fingerprint density at radius 1 is 0.778 bits per heavy atom. The molecule has 0 spiro atoms. The van der Waals surface area contributed by atoms with Crippen molar-refractivity contribution in [1.82, 2.24) is 5.32 Å². The number of amides is 1. The quantitative estimate of drug-likeness (QED) is 0.522. The van der Waals surface area contributed by atoms with Crippen LogP contribution >= 0.6 is 0 Å². The first-order valence-electron chi connectivity index (χ1n) is 9.55. The highest BCUT2D eigenvalue weighted by molar-refractivity contribution is 6.90. The third kappa shape index (κ3) is 10.5. The molecule has 0 fully saturated rings. The summed E-state index contributed by atoms with van der Waals surface area (Å²) < 4.78 is 19.8. The Hall–Kier alpha value is -0.562. The summed E-state index contributed by atoms with van der Waals surface area (Å²) >= 11 is 0. The lowest BCUT2D eigenvalue weighted by molar-refractivity contribution is 0.0954. The molecule has 0 heterocycles. The predicted octanol–water partition coefficient (Wildman–Crippen LogP) is 4.91. The van der Waals surface area contributed by atoms with Crippen molar-refractivity contribution >= 4 is 39.7 Å². The second kappa shape index (κ2) is 9.29. The van der Waals surface area contributed by atoms with Crippen LogP contribution in [-0.4, -0.2) is 46.2 Å². The van der Waals surface area contributed by atoms with Gasteiger partial charge in [0, 0.05) is 18.2 Å². The van der Waals surface area contributed by atoms with Crippen molar-refractivity contribution < 1.29 is 17.1 Å². The normalized spacial score (nSPS) is 13.5.